The van der Waals surface area contributed by atoms with E-state index in [-0.39, 0.29) is 0 Å². The number of methoxy groups -OCH3 is 1. The van der Waals surface area contributed by atoms with Crippen molar-refractivity contribution in [2.24, 2.45) is 0 Å². The highest BCUT2D eigenvalue weighted by Crippen LogP contribution is 2.29. The van der Waals surface area contributed by atoms with Gasteiger partial charge in [0.1, 0.15) is 5.01 Å². The number of nitrogens with zero attached hydrogens (tertiary/aromatic N) is 3. The molecule has 5 nitrogen and oxygen atoms in total. The molecule has 3 aromatic rings. The molecule has 0 aliphatic rings. The number of carbonyl (C=O) groups excluding carboxylic acids is 1. The van der Waals surface area contributed by atoms with Crippen LogP contribution in [0.25, 0.3) is 10.6 Å². The van der Waals surface area contributed by atoms with Gasteiger partial charge >= 0.3 is 5.97 Å². The molecular weight excluding hydrogens is 310 g/mol. The van der Waals surface area contributed by atoms with Gasteiger partial charge in [0.25, 0.3) is 0 Å². The Kier molecular flexibility index (Phi) is 4.22. The molecular formula is C17H13N3O2S. The van der Waals surface area contributed by atoms with Gasteiger partial charge in [-0.2, -0.15) is 5.10 Å². The summed E-state index contributed by atoms with van der Waals surface area (Å²) in [5.74, 6) is 2.14. The first-order chi connectivity index (χ1) is 11.2. The van der Waals surface area contributed by atoms with Gasteiger partial charge < -0.3 is 4.74 Å². The molecule has 0 radical (unpaired) electrons. The van der Waals surface area contributed by atoms with Crippen molar-refractivity contribution < 1.29 is 9.53 Å². The van der Waals surface area contributed by atoms with E-state index in [1.54, 1.807) is 10.9 Å². The molecule has 114 valence electrons. The number of ether oxygens (including phenoxy) is 1. The second-order valence-electron chi connectivity index (χ2n) is 4.71. The van der Waals surface area contributed by atoms with Crippen LogP contribution in [-0.4, -0.2) is 27.8 Å². The van der Waals surface area contributed by atoms with Crippen LogP contribution in [0, 0.1) is 12.3 Å². The van der Waals surface area contributed by atoms with Crippen molar-refractivity contribution in [2.45, 2.75) is 6.54 Å². The molecule has 0 saturated heterocycles. The minimum absolute atomic E-state index is 0.314. The molecule has 6 heteroatoms. The van der Waals surface area contributed by atoms with Crippen molar-refractivity contribution >= 4 is 17.3 Å². The maximum Gasteiger partial charge on any atom is 0.357 e. The summed E-state index contributed by atoms with van der Waals surface area (Å²) in [5.41, 5.74) is 1.96. The molecule has 0 saturated carbocycles. The number of hydrogen-bond acceptors (Lipinski definition) is 5. The standard InChI is InChI=1S/C17H13N3O2S/c1-3-12-6-4-7-13(10-12)16-19-15(17(21)22-2)14(23-16)11-20-9-5-8-18-20/h1,4-10H,11H2,2H3. The zero-order valence-corrected chi connectivity index (χ0v) is 13.2. The molecule has 3 rings (SSSR count). The number of thiazole rings is 1. The number of terminal acetylenes is 1. The SMILES string of the molecule is C#Cc1cccc(-c2nc(C(=O)OC)c(Cn3cccn3)s2)c1. The minimum Gasteiger partial charge on any atom is -0.464 e. The van der Waals surface area contributed by atoms with Gasteiger partial charge in [0.05, 0.1) is 18.5 Å². The predicted octanol–water partition coefficient (Wildman–Crippen LogP) is 2.82. The Morgan fingerprint density at radius 2 is 2.30 bits per heavy atom. The molecule has 0 aliphatic carbocycles. The van der Waals surface area contributed by atoms with Gasteiger partial charge in [-0.15, -0.1) is 17.8 Å². The van der Waals surface area contributed by atoms with Gasteiger partial charge in [0.2, 0.25) is 0 Å². The van der Waals surface area contributed by atoms with E-state index in [9.17, 15) is 4.79 Å². The van der Waals surface area contributed by atoms with E-state index in [1.165, 1.54) is 18.4 Å². The predicted molar refractivity (Wildman–Crippen MR) is 88.2 cm³/mol. The van der Waals surface area contributed by atoms with Crippen molar-refractivity contribution in [2.75, 3.05) is 7.11 Å². The maximum atomic E-state index is 12.0. The van der Waals surface area contributed by atoms with E-state index >= 15 is 0 Å². The van der Waals surface area contributed by atoms with Crippen LogP contribution in [0.5, 0.6) is 0 Å². The van der Waals surface area contributed by atoms with Gasteiger partial charge in [-0.05, 0) is 18.2 Å². The van der Waals surface area contributed by atoms with Gasteiger partial charge in [-0.25, -0.2) is 9.78 Å². The summed E-state index contributed by atoms with van der Waals surface area (Å²) >= 11 is 1.43. The largest absolute Gasteiger partial charge is 0.464 e. The van der Waals surface area contributed by atoms with E-state index in [0.29, 0.717) is 12.2 Å². The average Bonchev–Trinajstić information content (AvgIpc) is 3.24. The summed E-state index contributed by atoms with van der Waals surface area (Å²) < 4.78 is 6.57. The normalized spacial score (nSPS) is 10.3. The molecule has 0 fully saturated rings. The molecule has 0 bridgehead atoms. The summed E-state index contributed by atoms with van der Waals surface area (Å²) in [5, 5.41) is 4.89. The van der Waals surface area contributed by atoms with Gasteiger partial charge in [-0.3, -0.25) is 4.68 Å². The fourth-order valence-corrected chi connectivity index (χ4v) is 3.16. The Morgan fingerprint density at radius 3 is 3.00 bits per heavy atom. The van der Waals surface area contributed by atoms with Gasteiger partial charge in [-0.1, -0.05) is 18.1 Å². The molecule has 0 unspecified atom stereocenters. The number of rotatable bonds is 4. The first-order valence-corrected chi connectivity index (χ1v) is 7.65. The first kappa shape index (κ1) is 15.0. The molecule has 0 amide bonds. The van der Waals surface area contributed by atoms with Crippen molar-refractivity contribution in [3.8, 4) is 22.9 Å². The van der Waals surface area contributed by atoms with Crippen molar-refractivity contribution in [3.63, 3.8) is 0 Å². The summed E-state index contributed by atoms with van der Waals surface area (Å²) in [6.45, 7) is 0.462. The van der Waals surface area contributed by atoms with E-state index in [0.717, 1.165) is 21.0 Å². The lowest BCUT2D eigenvalue weighted by Gasteiger charge is -2.00. The van der Waals surface area contributed by atoms with Crippen molar-refractivity contribution in [1.29, 1.82) is 0 Å². The number of benzene rings is 1. The lowest BCUT2D eigenvalue weighted by atomic mass is 10.1. The Balaban J connectivity index is 2.03. The van der Waals surface area contributed by atoms with Crippen LogP contribution in [0.1, 0.15) is 20.9 Å². The molecule has 0 N–H and O–H groups in total. The Labute approximate surface area is 137 Å². The number of hydrogen-bond donors (Lipinski definition) is 0. The van der Waals surface area contributed by atoms with Crippen LogP contribution in [-0.2, 0) is 11.3 Å². The van der Waals surface area contributed by atoms with Gasteiger partial charge in [0.15, 0.2) is 5.69 Å². The highest BCUT2D eigenvalue weighted by Gasteiger charge is 2.20. The molecule has 2 heterocycles. The molecule has 2 aromatic heterocycles. The quantitative estimate of drug-likeness (QED) is 0.547. The smallest absolute Gasteiger partial charge is 0.357 e. The van der Waals surface area contributed by atoms with Crippen LogP contribution < -0.4 is 0 Å². The second-order valence-corrected chi connectivity index (χ2v) is 5.79. The Morgan fingerprint density at radius 1 is 1.43 bits per heavy atom. The molecule has 23 heavy (non-hydrogen) atoms. The number of carbonyl (C=O) groups is 1. The number of aromatic nitrogens is 3. The summed E-state index contributed by atoms with van der Waals surface area (Å²) in [6.07, 6.45) is 8.96. The minimum atomic E-state index is -0.456. The molecule has 0 spiro atoms. The topological polar surface area (TPSA) is 57.0 Å². The molecule has 0 atom stereocenters. The number of esters is 1. The zero-order valence-electron chi connectivity index (χ0n) is 12.4. The first-order valence-electron chi connectivity index (χ1n) is 6.83. The molecule has 0 aliphatic heterocycles. The van der Waals surface area contributed by atoms with E-state index in [2.05, 4.69) is 16.0 Å². The highest BCUT2D eigenvalue weighted by atomic mass is 32.1. The van der Waals surface area contributed by atoms with Crippen molar-refractivity contribution in [3.05, 3.63) is 58.9 Å². The highest BCUT2D eigenvalue weighted by molar-refractivity contribution is 7.15. The van der Waals surface area contributed by atoms with Crippen LogP contribution in [0.15, 0.2) is 42.7 Å². The van der Waals surface area contributed by atoms with Crippen LogP contribution >= 0.6 is 11.3 Å². The fourth-order valence-electron chi connectivity index (χ4n) is 2.12. The summed E-state index contributed by atoms with van der Waals surface area (Å²) in [7, 11) is 1.35. The second kappa shape index (κ2) is 6.46. The van der Waals surface area contributed by atoms with Crippen molar-refractivity contribution in [1.82, 2.24) is 14.8 Å². The van der Waals surface area contributed by atoms with Gasteiger partial charge in [0, 0.05) is 23.5 Å². The van der Waals surface area contributed by atoms with Crippen LogP contribution in [0.2, 0.25) is 0 Å². The Bertz CT molecular complexity index is 876. The Hall–Kier alpha value is -2.91. The van der Waals surface area contributed by atoms with Crippen LogP contribution in [0.4, 0.5) is 0 Å². The third kappa shape index (κ3) is 3.15. The monoisotopic (exact) mass is 323 g/mol. The average molecular weight is 323 g/mol. The van der Waals surface area contributed by atoms with E-state index in [1.807, 2.05) is 36.5 Å². The van der Waals surface area contributed by atoms with E-state index in [4.69, 9.17) is 11.2 Å². The van der Waals surface area contributed by atoms with E-state index < -0.39 is 5.97 Å². The fraction of sp³-hybridized carbons (Fsp3) is 0.118. The third-order valence-electron chi connectivity index (χ3n) is 3.22. The maximum absolute atomic E-state index is 12.0. The summed E-state index contributed by atoms with van der Waals surface area (Å²) in [6, 6.07) is 9.34. The zero-order chi connectivity index (χ0) is 16.2. The lowest BCUT2D eigenvalue weighted by molar-refractivity contribution is 0.0593. The lowest BCUT2D eigenvalue weighted by Crippen LogP contribution is -2.08. The summed E-state index contributed by atoms with van der Waals surface area (Å²) in [4.78, 5) is 17.2. The van der Waals surface area contributed by atoms with Crippen LogP contribution in [0.3, 0.4) is 0 Å². The third-order valence-corrected chi connectivity index (χ3v) is 4.31. The molecule has 1 aromatic carbocycles.